The molecule has 0 amide bonds. The zero-order valence-corrected chi connectivity index (χ0v) is 16.6. The lowest BCUT2D eigenvalue weighted by Gasteiger charge is -2.40. The summed E-state index contributed by atoms with van der Waals surface area (Å²) in [5.41, 5.74) is 2.20. The van der Waals surface area contributed by atoms with E-state index in [4.69, 9.17) is 4.43 Å². The van der Waals surface area contributed by atoms with Gasteiger partial charge < -0.3 is 13.9 Å². The van der Waals surface area contributed by atoms with E-state index in [2.05, 4.69) is 62.5 Å². The van der Waals surface area contributed by atoms with Gasteiger partial charge in [0.1, 0.15) is 0 Å². The number of piperazine rings is 1. The molecule has 3 nitrogen and oxygen atoms in total. The lowest BCUT2D eigenvalue weighted by molar-refractivity contribution is 0.190. The Labute approximate surface area is 128 Å². The number of nitrogens with zero attached hydrogens (tertiary/aromatic N) is 2. The fourth-order valence-electron chi connectivity index (χ4n) is 2.24. The van der Waals surface area contributed by atoms with Gasteiger partial charge in [0, 0.05) is 32.4 Å². The van der Waals surface area contributed by atoms with Crippen molar-refractivity contribution in [1.29, 1.82) is 0 Å². The Morgan fingerprint density at radius 2 is 1.75 bits per heavy atom. The van der Waals surface area contributed by atoms with Crippen molar-refractivity contribution in [2.24, 2.45) is 0 Å². The topological polar surface area (TPSA) is 15.7 Å². The largest absolute Gasteiger partial charge is 0.418 e. The van der Waals surface area contributed by atoms with E-state index in [9.17, 15) is 0 Å². The van der Waals surface area contributed by atoms with E-state index in [-0.39, 0.29) is 0 Å². The molecule has 0 bridgehead atoms. The third-order valence-corrected chi connectivity index (χ3v) is 12.4. The summed E-state index contributed by atoms with van der Waals surface area (Å²) in [7, 11) is -2.74. The number of hydrogen-bond donors (Lipinski definition) is 0. The fourth-order valence-corrected chi connectivity index (χ4v) is 6.57. The van der Waals surface area contributed by atoms with Gasteiger partial charge in [0.15, 0.2) is 17.3 Å². The van der Waals surface area contributed by atoms with Crippen LogP contribution in [0, 0.1) is 0 Å². The number of likely N-dealkylation sites (N-methyl/N-ethyl adjacent to an activating group) is 1. The Balaban J connectivity index is 2.50. The predicted molar refractivity (Wildman–Crippen MR) is 94.2 cm³/mol. The fraction of sp³-hybridized carbons (Fsp3) is 0.867. The minimum Gasteiger partial charge on any atom is -0.418 e. The van der Waals surface area contributed by atoms with Crippen LogP contribution in [-0.4, -0.2) is 65.7 Å². The van der Waals surface area contributed by atoms with Crippen molar-refractivity contribution >= 4 is 17.3 Å². The Morgan fingerprint density at radius 1 is 1.20 bits per heavy atom. The molecule has 0 aromatic rings. The highest BCUT2D eigenvalue weighted by atomic mass is 28.4. The SMILES string of the molecule is C=C[SiH](CO[Si](C)(C)C(C)(C)C)N1CCN(CC)CC1. The van der Waals surface area contributed by atoms with Crippen LogP contribution in [0.4, 0.5) is 0 Å². The molecule has 1 atom stereocenters. The van der Waals surface area contributed by atoms with E-state index < -0.39 is 17.3 Å². The van der Waals surface area contributed by atoms with Gasteiger partial charge in [-0.05, 0) is 24.7 Å². The summed E-state index contributed by atoms with van der Waals surface area (Å²) in [5.74, 6) is 0. The number of hydrogen-bond acceptors (Lipinski definition) is 3. The van der Waals surface area contributed by atoms with Gasteiger partial charge in [0.2, 0.25) is 0 Å². The molecule has 0 radical (unpaired) electrons. The third-order valence-electron chi connectivity index (χ3n) is 5.02. The maximum Gasteiger partial charge on any atom is 0.191 e. The van der Waals surface area contributed by atoms with Gasteiger partial charge in [-0.25, -0.2) is 0 Å². The molecule has 1 aliphatic heterocycles. The van der Waals surface area contributed by atoms with E-state index in [0.717, 1.165) is 6.23 Å². The molecule has 0 aromatic heterocycles. The first-order chi connectivity index (χ1) is 9.21. The lowest BCUT2D eigenvalue weighted by atomic mass is 10.2. The maximum atomic E-state index is 6.43. The first-order valence-corrected chi connectivity index (χ1v) is 12.8. The molecule has 0 aliphatic carbocycles. The molecule has 0 N–H and O–H groups in total. The summed E-state index contributed by atoms with van der Waals surface area (Å²) < 4.78 is 9.09. The Bertz CT molecular complexity index is 307. The van der Waals surface area contributed by atoms with Crippen LogP contribution in [0.3, 0.4) is 0 Å². The van der Waals surface area contributed by atoms with Gasteiger partial charge in [0.05, 0.1) is 0 Å². The summed E-state index contributed by atoms with van der Waals surface area (Å²) >= 11 is 0. The van der Waals surface area contributed by atoms with Crippen LogP contribution in [0.5, 0.6) is 0 Å². The number of rotatable bonds is 6. The molecule has 118 valence electrons. The van der Waals surface area contributed by atoms with Crippen LogP contribution >= 0.6 is 0 Å². The average Bonchev–Trinajstić information content (AvgIpc) is 2.38. The lowest BCUT2D eigenvalue weighted by Crippen LogP contribution is -2.54. The minimum atomic E-state index is -1.62. The van der Waals surface area contributed by atoms with Crippen LogP contribution < -0.4 is 0 Å². The van der Waals surface area contributed by atoms with Crippen molar-refractivity contribution in [3.8, 4) is 0 Å². The van der Waals surface area contributed by atoms with Crippen molar-refractivity contribution in [2.75, 3.05) is 39.0 Å². The summed E-state index contributed by atoms with van der Waals surface area (Å²) in [6, 6.07) is 0. The molecule has 1 unspecified atom stereocenters. The Hall–Kier alpha value is 0.0538. The molecule has 1 rings (SSSR count). The van der Waals surface area contributed by atoms with Crippen molar-refractivity contribution < 1.29 is 4.43 Å². The summed E-state index contributed by atoms with van der Waals surface area (Å²) in [4.78, 5) is 2.53. The van der Waals surface area contributed by atoms with Gasteiger partial charge >= 0.3 is 0 Å². The van der Waals surface area contributed by atoms with Crippen LogP contribution in [0.15, 0.2) is 12.3 Å². The van der Waals surface area contributed by atoms with Gasteiger partial charge in [-0.1, -0.05) is 33.4 Å². The first-order valence-electron chi connectivity index (χ1n) is 7.94. The molecule has 1 heterocycles. The third kappa shape index (κ3) is 4.81. The molecule has 0 spiro atoms. The Morgan fingerprint density at radius 3 is 2.15 bits per heavy atom. The normalized spacial score (nSPS) is 20.9. The highest BCUT2D eigenvalue weighted by molar-refractivity contribution is 6.75. The average molecular weight is 315 g/mol. The molecule has 1 fully saturated rings. The summed E-state index contributed by atoms with van der Waals surface area (Å²) in [5, 5.41) is 0.300. The summed E-state index contributed by atoms with van der Waals surface area (Å²) in [6.07, 6.45) is 0.937. The molecule has 20 heavy (non-hydrogen) atoms. The first kappa shape index (κ1) is 18.1. The molecular weight excluding hydrogens is 280 g/mol. The van der Waals surface area contributed by atoms with Crippen molar-refractivity contribution in [1.82, 2.24) is 9.47 Å². The highest BCUT2D eigenvalue weighted by Gasteiger charge is 2.38. The van der Waals surface area contributed by atoms with E-state index >= 15 is 0 Å². The maximum absolute atomic E-state index is 6.43. The van der Waals surface area contributed by atoms with Crippen molar-refractivity contribution in [3.05, 3.63) is 12.3 Å². The van der Waals surface area contributed by atoms with E-state index in [1.807, 2.05) is 0 Å². The zero-order chi connectivity index (χ0) is 15.4. The van der Waals surface area contributed by atoms with Gasteiger partial charge in [-0.2, -0.15) is 0 Å². The second kappa shape index (κ2) is 7.36. The predicted octanol–water partition coefficient (Wildman–Crippen LogP) is 2.63. The Kier molecular flexibility index (Phi) is 6.66. The van der Waals surface area contributed by atoms with Gasteiger partial charge in [-0.3, -0.25) is 0 Å². The van der Waals surface area contributed by atoms with Gasteiger partial charge in [-0.15, -0.1) is 6.58 Å². The molecular formula is C15H34N2OSi2. The van der Waals surface area contributed by atoms with Crippen LogP contribution in [0.2, 0.25) is 18.1 Å². The highest BCUT2D eigenvalue weighted by Crippen LogP contribution is 2.36. The smallest absolute Gasteiger partial charge is 0.191 e. The monoisotopic (exact) mass is 314 g/mol. The standard InChI is InChI=1S/C15H34N2OSi2/c1-8-16-10-12-17(13-11-16)19(9-2)14-18-20(6,7)15(3,4)5/h9,19H,2,8,10-14H2,1,3-7H3. The van der Waals surface area contributed by atoms with Crippen LogP contribution in [-0.2, 0) is 4.43 Å². The minimum absolute atomic E-state index is 0.300. The second-order valence-electron chi connectivity index (χ2n) is 7.34. The van der Waals surface area contributed by atoms with Crippen LogP contribution in [0.25, 0.3) is 0 Å². The molecule has 0 aromatic carbocycles. The van der Waals surface area contributed by atoms with Crippen LogP contribution in [0.1, 0.15) is 27.7 Å². The van der Waals surface area contributed by atoms with E-state index in [1.165, 1.54) is 32.7 Å². The zero-order valence-electron chi connectivity index (χ0n) is 14.4. The van der Waals surface area contributed by atoms with Crippen molar-refractivity contribution in [3.63, 3.8) is 0 Å². The molecule has 5 heteroatoms. The van der Waals surface area contributed by atoms with E-state index in [0.29, 0.717) is 5.04 Å². The van der Waals surface area contributed by atoms with E-state index in [1.54, 1.807) is 0 Å². The quantitative estimate of drug-likeness (QED) is 0.701. The van der Waals surface area contributed by atoms with Gasteiger partial charge in [0.25, 0.3) is 0 Å². The molecule has 1 saturated heterocycles. The second-order valence-corrected chi connectivity index (χ2v) is 14.8. The van der Waals surface area contributed by atoms with Crippen molar-refractivity contribution in [2.45, 2.75) is 45.8 Å². The molecule has 0 saturated carbocycles. The summed E-state index contributed by atoms with van der Waals surface area (Å²) in [6.45, 7) is 23.9. The molecule has 1 aliphatic rings.